The highest BCUT2D eigenvalue weighted by molar-refractivity contribution is 5.74. The zero-order valence-corrected chi connectivity index (χ0v) is 12.7. The lowest BCUT2D eigenvalue weighted by Gasteiger charge is -2.23. The Balaban J connectivity index is 1.22. The molecule has 0 aromatic heterocycles. The van der Waals surface area contributed by atoms with Crippen LogP contribution in [0.5, 0.6) is 0 Å². The van der Waals surface area contributed by atoms with E-state index in [-0.39, 0.29) is 36.0 Å². The largest absolute Gasteiger partial charge is 0.425 e. The zero-order chi connectivity index (χ0) is 15.3. The summed E-state index contributed by atoms with van der Waals surface area (Å²) in [4.78, 5) is 24.2. The number of rotatable bonds is 4. The molecule has 6 nitrogen and oxygen atoms in total. The Kier molecular flexibility index (Phi) is 3.61. The van der Waals surface area contributed by atoms with Crippen LogP contribution >= 0.6 is 0 Å². The molecule has 0 radical (unpaired) electrons. The van der Waals surface area contributed by atoms with Gasteiger partial charge in [-0.15, -0.1) is 0 Å². The number of hydrogen-bond donors (Lipinski definition) is 0. The second kappa shape index (κ2) is 5.49. The third-order valence-corrected chi connectivity index (χ3v) is 5.24. The van der Waals surface area contributed by atoms with E-state index in [1.54, 1.807) is 6.92 Å². The first-order chi connectivity index (χ1) is 10.6. The molecule has 0 bridgehead atoms. The first-order valence-electron chi connectivity index (χ1n) is 8.32. The predicted molar refractivity (Wildman–Crippen MR) is 73.7 cm³/mol. The third kappa shape index (κ3) is 2.99. The van der Waals surface area contributed by atoms with E-state index in [1.165, 1.54) is 0 Å². The minimum absolute atomic E-state index is 0.125. The molecule has 6 unspecified atom stereocenters. The molecule has 4 fully saturated rings. The van der Waals surface area contributed by atoms with Crippen LogP contribution in [0, 0.1) is 11.8 Å². The standard InChI is InChI=1S/C16H22O6/c1-8(19-15(17)9-2-4-11-13(6-9)21-11)20-16(18)10-3-5-12-14(7-10)22-12/h8-14H,2-7H2,1H3. The molecule has 0 amide bonds. The van der Waals surface area contributed by atoms with Crippen LogP contribution in [-0.4, -0.2) is 42.6 Å². The van der Waals surface area contributed by atoms with Crippen molar-refractivity contribution in [2.75, 3.05) is 0 Å². The van der Waals surface area contributed by atoms with Gasteiger partial charge in [0.2, 0.25) is 6.29 Å². The van der Waals surface area contributed by atoms with Crippen LogP contribution in [0.1, 0.15) is 45.4 Å². The van der Waals surface area contributed by atoms with E-state index in [9.17, 15) is 9.59 Å². The highest BCUT2D eigenvalue weighted by Crippen LogP contribution is 2.41. The molecule has 0 spiro atoms. The molecule has 6 heteroatoms. The van der Waals surface area contributed by atoms with Crippen molar-refractivity contribution in [1.29, 1.82) is 0 Å². The lowest BCUT2D eigenvalue weighted by molar-refractivity contribution is -0.191. The third-order valence-electron chi connectivity index (χ3n) is 5.24. The Hall–Kier alpha value is -1.14. The van der Waals surface area contributed by atoms with Gasteiger partial charge in [0.25, 0.3) is 0 Å². The lowest BCUT2D eigenvalue weighted by Crippen LogP contribution is -2.32. The summed E-state index contributed by atoms with van der Waals surface area (Å²) in [7, 11) is 0. The van der Waals surface area contributed by atoms with Gasteiger partial charge >= 0.3 is 11.9 Å². The number of fused-ring (bicyclic) bond motifs is 2. The monoisotopic (exact) mass is 310 g/mol. The molecular weight excluding hydrogens is 288 g/mol. The predicted octanol–water partition coefficient (Wildman–Crippen LogP) is 1.55. The highest BCUT2D eigenvalue weighted by atomic mass is 16.7. The van der Waals surface area contributed by atoms with Crippen molar-refractivity contribution in [3.05, 3.63) is 0 Å². The topological polar surface area (TPSA) is 77.7 Å². The van der Waals surface area contributed by atoms with Crippen molar-refractivity contribution >= 4 is 11.9 Å². The van der Waals surface area contributed by atoms with Gasteiger partial charge in [0.05, 0.1) is 36.3 Å². The molecule has 0 aromatic carbocycles. The normalized spacial score (nSPS) is 43.3. The molecule has 0 aromatic rings. The van der Waals surface area contributed by atoms with E-state index < -0.39 is 6.29 Å². The first kappa shape index (κ1) is 14.5. The van der Waals surface area contributed by atoms with Crippen molar-refractivity contribution < 1.29 is 28.5 Å². The zero-order valence-electron chi connectivity index (χ0n) is 12.7. The fourth-order valence-corrected chi connectivity index (χ4v) is 3.78. The van der Waals surface area contributed by atoms with E-state index in [1.807, 2.05) is 0 Å². The van der Waals surface area contributed by atoms with Crippen molar-refractivity contribution in [3.63, 3.8) is 0 Å². The van der Waals surface area contributed by atoms with Gasteiger partial charge < -0.3 is 18.9 Å². The molecule has 122 valence electrons. The first-order valence-corrected chi connectivity index (χ1v) is 8.32. The molecular formula is C16H22O6. The Morgan fingerprint density at radius 2 is 1.27 bits per heavy atom. The van der Waals surface area contributed by atoms with Gasteiger partial charge in [-0.25, -0.2) is 0 Å². The molecule has 22 heavy (non-hydrogen) atoms. The molecule has 2 heterocycles. The maximum atomic E-state index is 12.1. The highest BCUT2D eigenvalue weighted by Gasteiger charge is 2.47. The molecule has 2 aliphatic heterocycles. The fourth-order valence-electron chi connectivity index (χ4n) is 3.78. The second-order valence-corrected chi connectivity index (χ2v) is 6.89. The van der Waals surface area contributed by atoms with Crippen LogP contribution in [0.4, 0.5) is 0 Å². The summed E-state index contributed by atoms with van der Waals surface area (Å²) in [5.74, 6) is -0.799. The van der Waals surface area contributed by atoms with Crippen LogP contribution in [0.2, 0.25) is 0 Å². The van der Waals surface area contributed by atoms with Crippen LogP contribution in [0.15, 0.2) is 0 Å². The Morgan fingerprint density at radius 1 is 0.818 bits per heavy atom. The molecule has 2 aliphatic carbocycles. The molecule has 4 rings (SSSR count). The average molecular weight is 310 g/mol. The molecule has 2 saturated heterocycles. The smallest absolute Gasteiger partial charge is 0.312 e. The number of ether oxygens (including phenoxy) is 4. The van der Waals surface area contributed by atoms with Gasteiger partial charge in [-0.1, -0.05) is 0 Å². The molecule has 2 saturated carbocycles. The van der Waals surface area contributed by atoms with Crippen LogP contribution in [-0.2, 0) is 28.5 Å². The van der Waals surface area contributed by atoms with E-state index in [4.69, 9.17) is 18.9 Å². The quantitative estimate of drug-likeness (QED) is 0.445. The van der Waals surface area contributed by atoms with E-state index in [0.29, 0.717) is 12.2 Å². The van der Waals surface area contributed by atoms with Gasteiger partial charge in [0.1, 0.15) is 0 Å². The summed E-state index contributed by atoms with van der Waals surface area (Å²) in [6.45, 7) is 1.61. The summed E-state index contributed by atoms with van der Waals surface area (Å²) in [5.41, 5.74) is 0. The summed E-state index contributed by atoms with van der Waals surface area (Å²) in [6, 6.07) is 0. The van der Waals surface area contributed by atoms with Gasteiger partial charge in [-0.3, -0.25) is 9.59 Å². The molecule has 6 atom stereocenters. The summed E-state index contributed by atoms with van der Waals surface area (Å²) in [5, 5.41) is 0. The Bertz CT molecular complexity index is 435. The van der Waals surface area contributed by atoms with Crippen molar-refractivity contribution in [2.45, 2.75) is 76.2 Å². The molecule has 0 N–H and O–H groups in total. The van der Waals surface area contributed by atoms with Gasteiger partial charge in [-0.05, 0) is 38.5 Å². The summed E-state index contributed by atoms with van der Waals surface area (Å²) in [6.07, 6.45) is 5.25. The van der Waals surface area contributed by atoms with E-state index >= 15 is 0 Å². The van der Waals surface area contributed by atoms with Crippen molar-refractivity contribution in [2.24, 2.45) is 11.8 Å². The minimum atomic E-state index is -0.823. The van der Waals surface area contributed by atoms with Crippen LogP contribution < -0.4 is 0 Å². The minimum Gasteiger partial charge on any atom is -0.425 e. The number of epoxide rings is 2. The molecule has 4 aliphatic rings. The number of hydrogen-bond acceptors (Lipinski definition) is 6. The van der Waals surface area contributed by atoms with Gasteiger partial charge in [0, 0.05) is 6.92 Å². The number of carbonyl (C=O) groups excluding carboxylic acids is 2. The summed E-state index contributed by atoms with van der Waals surface area (Å²) >= 11 is 0. The number of carbonyl (C=O) groups is 2. The van der Waals surface area contributed by atoms with Gasteiger partial charge in [-0.2, -0.15) is 0 Å². The maximum Gasteiger partial charge on any atom is 0.312 e. The second-order valence-electron chi connectivity index (χ2n) is 6.89. The summed E-state index contributed by atoms with van der Waals surface area (Å²) < 4.78 is 21.4. The van der Waals surface area contributed by atoms with Crippen molar-refractivity contribution in [1.82, 2.24) is 0 Å². The van der Waals surface area contributed by atoms with Gasteiger partial charge in [0.15, 0.2) is 0 Å². The van der Waals surface area contributed by atoms with E-state index in [0.717, 1.165) is 38.5 Å². The fraction of sp³-hybridized carbons (Fsp3) is 0.875. The SMILES string of the molecule is CC(OC(=O)C1CCC2OC2C1)OC(=O)C1CCC2OC2C1. The number of esters is 2. The Labute approximate surface area is 129 Å². The van der Waals surface area contributed by atoms with Crippen LogP contribution in [0.3, 0.4) is 0 Å². The van der Waals surface area contributed by atoms with Crippen LogP contribution in [0.25, 0.3) is 0 Å². The van der Waals surface area contributed by atoms with E-state index in [2.05, 4.69) is 0 Å². The Morgan fingerprint density at radius 3 is 1.68 bits per heavy atom. The van der Waals surface area contributed by atoms with Crippen molar-refractivity contribution in [3.8, 4) is 0 Å². The average Bonchev–Trinajstić information content (AvgIpc) is 3.38. The lowest BCUT2D eigenvalue weighted by atomic mass is 9.89. The maximum absolute atomic E-state index is 12.1.